The van der Waals surface area contributed by atoms with Crippen molar-refractivity contribution >= 4 is 17.6 Å². The Balaban J connectivity index is 2.09. The molecule has 1 aromatic rings. The fraction of sp³-hybridized carbons (Fsp3) is 0.533. The first kappa shape index (κ1) is 15.3. The van der Waals surface area contributed by atoms with Gasteiger partial charge < -0.3 is 5.11 Å². The number of carbonyl (C=O) groups is 1. The predicted molar refractivity (Wildman–Crippen MR) is 76.2 cm³/mol. The molecule has 110 valence electrons. The summed E-state index contributed by atoms with van der Waals surface area (Å²) in [6.45, 7) is 5.66. The third kappa shape index (κ3) is 2.81. The van der Waals surface area contributed by atoms with E-state index in [-0.39, 0.29) is 10.9 Å². The summed E-state index contributed by atoms with van der Waals surface area (Å²) in [5.41, 5.74) is 0.127. The van der Waals surface area contributed by atoms with Gasteiger partial charge >= 0.3 is 5.97 Å². The van der Waals surface area contributed by atoms with E-state index in [2.05, 4.69) is 4.90 Å². The topological polar surface area (TPSA) is 40.5 Å². The normalized spacial score (nSPS) is 23.4. The third-order valence-electron chi connectivity index (χ3n) is 4.30. The van der Waals surface area contributed by atoms with Crippen molar-refractivity contribution in [2.45, 2.75) is 26.8 Å². The number of hydrogen-bond donors (Lipinski definition) is 1. The van der Waals surface area contributed by atoms with Gasteiger partial charge in [0, 0.05) is 13.1 Å². The molecular formula is C15H19ClFNO2. The maximum atomic E-state index is 13.4. The third-order valence-corrected chi connectivity index (χ3v) is 4.61. The minimum Gasteiger partial charge on any atom is -0.481 e. The van der Waals surface area contributed by atoms with Crippen molar-refractivity contribution in [2.24, 2.45) is 11.3 Å². The lowest BCUT2D eigenvalue weighted by molar-refractivity contribution is -0.151. The smallest absolute Gasteiger partial charge is 0.311 e. The number of carboxylic acids is 1. The van der Waals surface area contributed by atoms with Crippen LogP contribution in [0.15, 0.2) is 18.2 Å². The molecule has 0 amide bonds. The molecule has 3 nitrogen and oxygen atoms in total. The summed E-state index contributed by atoms with van der Waals surface area (Å²) in [4.78, 5) is 13.6. The molecule has 1 atom stereocenters. The van der Waals surface area contributed by atoms with Crippen molar-refractivity contribution in [2.75, 3.05) is 13.1 Å². The van der Waals surface area contributed by atoms with Crippen LogP contribution in [0.5, 0.6) is 0 Å². The molecule has 1 fully saturated rings. The van der Waals surface area contributed by atoms with E-state index in [1.807, 2.05) is 13.8 Å². The molecule has 1 aliphatic rings. The van der Waals surface area contributed by atoms with Crippen LogP contribution in [0.1, 0.15) is 25.8 Å². The van der Waals surface area contributed by atoms with Crippen LogP contribution in [0.4, 0.5) is 4.39 Å². The van der Waals surface area contributed by atoms with Crippen LogP contribution in [0.25, 0.3) is 0 Å². The molecule has 0 spiro atoms. The van der Waals surface area contributed by atoms with Crippen LogP contribution in [0.2, 0.25) is 5.02 Å². The number of rotatable bonds is 4. The maximum absolute atomic E-state index is 13.4. The van der Waals surface area contributed by atoms with E-state index in [1.54, 1.807) is 6.07 Å². The average molecular weight is 300 g/mol. The van der Waals surface area contributed by atoms with Gasteiger partial charge in [0.25, 0.3) is 0 Å². The Morgan fingerprint density at radius 1 is 1.55 bits per heavy atom. The minimum atomic E-state index is -0.739. The molecule has 1 N–H and O–H groups in total. The van der Waals surface area contributed by atoms with Crippen LogP contribution >= 0.6 is 11.6 Å². The molecule has 0 aromatic heterocycles. The summed E-state index contributed by atoms with van der Waals surface area (Å²) < 4.78 is 13.4. The highest BCUT2D eigenvalue weighted by Crippen LogP contribution is 2.38. The van der Waals surface area contributed by atoms with Gasteiger partial charge in [0.2, 0.25) is 0 Å². The first-order chi connectivity index (χ1) is 9.35. The second-order valence-electron chi connectivity index (χ2n) is 5.83. The Morgan fingerprint density at radius 3 is 2.75 bits per heavy atom. The standard InChI is InChI=1S/C15H19ClFNO2/c1-10(2)15(14(19)20)5-6-18(9-15)8-11-3-4-12(16)13(17)7-11/h3-4,7,10H,5-6,8-9H2,1-2H3,(H,19,20). The van der Waals surface area contributed by atoms with Crippen molar-refractivity contribution in [3.05, 3.63) is 34.6 Å². The summed E-state index contributed by atoms with van der Waals surface area (Å²) in [6, 6.07) is 4.73. The van der Waals surface area contributed by atoms with E-state index >= 15 is 0 Å². The van der Waals surface area contributed by atoms with Gasteiger partial charge in [-0.1, -0.05) is 31.5 Å². The van der Waals surface area contributed by atoms with Gasteiger partial charge in [-0.3, -0.25) is 9.69 Å². The zero-order valence-electron chi connectivity index (χ0n) is 11.7. The largest absolute Gasteiger partial charge is 0.481 e. The lowest BCUT2D eigenvalue weighted by atomic mass is 9.76. The van der Waals surface area contributed by atoms with Crippen molar-refractivity contribution in [3.63, 3.8) is 0 Å². The molecule has 0 radical (unpaired) electrons. The van der Waals surface area contributed by atoms with Crippen LogP contribution in [-0.2, 0) is 11.3 Å². The Hall–Kier alpha value is -1.13. The summed E-state index contributed by atoms with van der Waals surface area (Å²) >= 11 is 5.66. The zero-order valence-corrected chi connectivity index (χ0v) is 12.5. The predicted octanol–water partition coefficient (Wildman–Crippen LogP) is 3.41. The number of nitrogens with zero attached hydrogens (tertiary/aromatic N) is 1. The van der Waals surface area contributed by atoms with E-state index < -0.39 is 17.2 Å². The van der Waals surface area contributed by atoms with Crippen LogP contribution in [-0.4, -0.2) is 29.1 Å². The lowest BCUT2D eigenvalue weighted by Gasteiger charge is -2.28. The van der Waals surface area contributed by atoms with Crippen LogP contribution in [0.3, 0.4) is 0 Å². The number of aliphatic carboxylic acids is 1. The highest BCUT2D eigenvalue weighted by atomic mass is 35.5. The van der Waals surface area contributed by atoms with Gasteiger partial charge in [-0.25, -0.2) is 4.39 Å². The summed E-state index contributed by atoms with van der Waals surface area (Å²) in [5, 5.41) is 9.60. The summed E-state index contributed by atoms with van der Waals surface area (Å²) in [5.74, 6) is -1.10. The zero-order chi connectivity index (χ0) is 14.9. The van der Waals surface area contributed by atoms with E-state index in [0.29, 0.717) is 26.1 Å². The van der Waals surface area contributed by atoms with E-state index in [1.165, 1.54) is 12.1 Å². The highest BCUT2D eigenvalue weighted by molar-refractivity contribution is 6.30. The van der Waals surface area contributed by atoms with E-state index in [4.69, 9.17) is 11.6 Å². The Kier molecular flexibility index (Phi) is 4.35. The molecule has 1 aliphatic heterocycles. The van der Waals surface area contributed by atoms with Gasteiger partial charge in [0.15, 0.2) is 0 Å². The van der Waals surface area contributed by atoms with Gasteiger partial charge in [0.1, 0.15) is 5.82 Å². The first-order valence-electron chi connectivity index (χ1n) is 6.75. The number of hydrogen-bond acceptors (Lipinski definition) is 2. The molecule has 1 heterocycles. The Labute approximate surface area is 123 Å². The number of carboxylic acid groups (broad SMARTS) is 1. The van der Waals surface area contributed by atoms with Crippen molar-refractivity contribution < 1.29 is 14.3 Å². The molecule has 0 aliphatic carbocycles. The molecule has 20 heavy (non-hydrogen) atoms. The van der Waals surface area contributed by atoms with E-state index in [0.717, 1.165) is 5.56 Å². The van der Waals surface area contributed by atoms with E-state index in [9.17, 15) is 14.3 Å². The van der Waals surface area contributed by atoms with Gasteiger partial charge in [-0.2, -0.15) is 0 Å². The van der Waals surface area contributed by atoms with Crippen LogP contribution in [0, 0.1) is 17.2 Å². The van der Waals surface area contributed by atoms with Crippen molar-refractivity contribution in [1.29, 1.82) is 0 Å². The number of benzene rings is 1. The number of halogens is 2. The van der Waals surface area contributed by atoms with Gasteiger partial charge in [-0.05, 0) is 36.6 Å². The molecule has 1 unspecified atom stereocenters. The highest BCUT2D eigenvalue weighted by Gasteiger charge is 2.47. The van der Waals surface area contributed by atoms with Crippen LogP contribution < -0.4 is 0 Å². The van der Waals surface area contributed by atoms with Crippen molar-refractivity contribution in [3.8, 4) is 0 Å². The molecule has 2 rings (SSSR count). The molecule has 1 aromatic carbocycles. The molecular weight excluding hydrogens is 281 g/mol. The molecule has 5 heteroatoms. The second kappa shape index (κ2) is 5.70. The molecule has 0 bridgehead atoms. The fourth-order valence-corrected chi connectivity index (χ4v) is 2.96. The fourth-order valence-electron chi connectivity index (χ4n) is 2.84. The summed E-state index contributed by atoms with van der Waals surface area (Å²) in [6.07, 6.45) is 0.635. The lowest BCUT2D eigenvalue weighted by Crippen LogP contribution is -2.39. The van der Waals surface area contributed by atoms with Gasteiger partial charge in [-0.15, -0.1) is 0 Å². The number of likely N-dealkylation sites (tertiary alicyclic amines) is 1. The quantitative estimate of drug-likeness (QED) is 0.926. The monoisotopic (exact) mass is 299 g/mol. The molecule has 1 saturated heterocycles. The Morgan fingerprint density at radius 2 is 2.25 bits per heavy atom. The maximum Gasteiger partial charge on any atom is 0.311 e. The second-order valence-corrected chi connectivity index (χ2v) is 6.23. The summed E-state index contributed by atoms with van der Waals surface area (Å²) in [7, 11) is 0. The molecule has 0 saturated carbocycles. The average Bonchev–Trinajstić information content (AvgIpc) is 2.79. The SMILES string of the molecule is CC(C)C1(C(=O)O)CCN(Cc2ccc(Cl)c(F)c2)C1. The van der Waals surface area contributed by atoms with Gasteiger partial charge in [0.05, 0.1) is 10.4 Å². The first-order valence-corrected chi connectivity index (χ1v) is 7.12. The Bertz CT molecular complexity index is 521. The van der Waals surface area contributed by atoms with Crippen molar-refractivity contribution in [1.82, 2.24) is 4.90 Å². The minimum absolute atomic E-state index is 0.0759.